The molecule has 2 aromatic carbocycles. The van der Waals surface area contributed by atoms with E-state index in [4.69, 9.17) is 14.2 Å². The molecule has 29 heavy (non-hydrogen) atoms. The molecular formula is C21H21NO7. The number of anilines is 1. The van der Waals surface area contributed by atoms with Crippen LogP contribution in [0.2, 0.25) is 0 Å². The molecule has 2 N–H and O–H groups in total. The molecule has 0 heterocycles. The largest absolute Gasteiger partial charge is 0.507 e. The highest BCUT2D eigenvalue weighted by molar-refractivity contribution is 6.14. The smallest absolute Gasteiger partial charge is 0.221 e. The first-order valence-electron chi connectivity index (χ1n) is 8.47. The number of nitrogens with one attached hydrogen (secondary N) is 1. The Morgan fingerprint density at radius 2 is 1.59 bits per heavy atom. The first kappa shape index (κ1) is 21.5. The number of ketones is 1. The number of allylic oxidation sites excluding steroid dienone is 1. The number of ether oxygens (including phenoxy) is 3. The van der Waals surface area contributed by atoms with E-state index >= 15 is 0 Å². The van der Waals surface area contributed by atoms with Gasteiger partial charge in [-0.2, -0.15) is 0 Å². The fraction of sp³-hybridized carbons (Fsp3) is 0.190. The Balaban J connectivity index is 2.66. The third-order valence-electron chi connectivity index (χ3n) is 4.02. The molecule has 8 heteroatoms. The molecule has 0 saturated heterocycles. The molecule has 2 rings (SSSR count). The second-order valence-electron chi connectivity index (χ2n) is 5.87. The van der Waals surface area contributed by atoms with Crippen molar-refractivity contribution in [1.29, 1.82) is 0 Å². The van der Waals surface area contributed by atoms with Crippen LogP contribution in [0, 0.1) is 0 Å². The molecule has 0 aliphatic heterocycles. The van der Waals surface area contributed by atoms with Crippen molar-refractivity contribution in [3.05, 3.63) is 53.1 Å². The second kappa shape index (κ2) is 9.41. The topological polar surface area (TPSA) is 111 Å². The minimum atomic E-state index is -0.464. The van der Waals surface area contributed by atoms with E-state index in [1.54, 1.807) is 0 Å². The standard InChI is InChI=1S/C21H21NO7/c1-12(24)22-16-6-5-13(17(25)7-8-23)9-15(16)20(26)14-10-18(27-2)21(29-4)19(11-14)28-3/h5-11,25H,1-4H3,(H,22,24). The van der Waals surface area contributed by atoms with Gasteiger partial charge in [-0.25, -0.2) is 0 Å². The Morgan fingerprint density at radius 1 is 0.966 bits per heavy atom. The zero-order valence-corrected chi connectivity index (χ0v) is 16.4. The number of carbonyl (C=O) groups excluding carboxylic acids is 3. The summed E-state index contributed by atoms with van der Waals surface area (Å²) in [6.07, 6.45) is 1.39. The minimum Gasteiger partial charge on any atom is -0.507 e. The summed E-state index contributed by atoms with van der Waals surface area (Å²) in [4.78, 5) is 35.4. The number of hydrogen-bond acceptors (Lipinski definition) is 7. The van der Waals surface area contributed by atoms with Gasteiger partial charge in [0.25, 0.3) is 0 Å². The number of amides is 1. The van der Waals surface area contributed by atoms with Crippen LogP contribution >= 0.6 is 0 Å². The predicted octanol–water partition coefficient (Wildman–Crippen LogP) is 3.00. The zero-order valence-electron chi connectivity index (χ0n) is 16.4. The van der Waals surface area contributed by atoms with Crippen molar-refractivity contribution in [2.75, 3.05) is 26.6 Å². The molecule has 0 bridgehead atoms. The van der Waals surface area contributed by atoms with Gasteiger partial charge in [-0.1, -0.05) is 0 Å². The lowest BCUT2D eigenvalue weighted by Gasteiger charge is -2.15. The van der Waals surface area contributed by atoms with E-state index < -0.39 is 5.78 Å². The number of carbonyl (C=O) groups is 3. The molecule has 0 aliphatic rings. The first-order valence-corrected chi connectivity index (χ1v) is 8.47. The highest BCUT2D eigenvalue weighted by Crippen LogP contribution is 2.39. The number of aliphatic hydroxyl groups is 1. The quantitative estimate of drug-likeness (QED) is 0.304. The maximum Gasteiger partial charge on any atom is 0.221 e. The Hall–Kier alpha value is -3.81. The van der Waals surface area contributed by atoms with Gasteiger partial charge in [0.05, 0.1) is 27.0 Å². The van der Waals surface area contributed by atoms with Crippen LogP contribution < -0.4 is 19.5 Å². The molecule has 0 spiro atoms. The van der Waals surface area contributed by atoms with Gasteiger partial charge in [0.2, 0.25) is 11.7 Å². The second-order valence-corrected chi connectivity index (χ2v) is 5.87. The van der Waals surface area contributed by atoms with Crippen molar-refractivity contribution < 1.29 is 33.7 Å². The van der Waals surface area contributed by atoms with Crippen molar-refractivity contribution in [2.24, 2.45) is 0 Å². The molecule has 0 saturated carbocycles. The van der Waals surface area contributed by atoms with Crippen LogP contribution in [0.3, 0.4) is 0 Å². The number of methoxy groups -OCH3 is 3. The molecule has 0 fully saturated rings. The number of benzene rings is 2. The molecule has 8 nitrogen and oxygen atoms in total. The number of aldehydes is 1. The van der Waals surface area contributed by atoms with Gasteiger partial charge in [-0.15, -0.1) is 0 Å². The summed E-state index contributed by atoms with van der Waals surface area (Å²) in [5.41, 5.74) is 0.806. The van der Waals surface area contributed by atoms with E-state index in [0.717, 1.165) is 6.08 Å². The Labute approximate surface area is 167 Å². The van der Waals surface area contributed by atoms with Gasteiger partial charge < -0.3 is 24.6 Å². The van der Waals surface area contributed by atoms with E-state index in [-0.39, 0.29) is 45.5 Å². The van der Waals surface area contributed by atoms with Crippen LogP contribution in [0.1, 0.15) is 28.4 Å². The minimum absolute atomic E-state index is 0.109. The van der Waals surface area contributed by atoms with Crippen LogP contribution in [-0.2, 0) is 9.59 Å². The van der Waals surface area contributed by atoms with E-state index in [2.05, 4.69) is 5.32 Å². The molecule has 1 amide bonds. The van der Waals surface area contributed by atoms with Crippen LogP contribution in [-0.4, -0.2) is 44.4 Å². The summed E-state index contributed by atoms with van der Waals surface area (Å²) < 4.78 is 15.8. The maximum atomic E-state index is 13.2. The fourth-order valence-electron chi connectivity index (χ4n) is 2.72. The van der Waals surface area contributed by atoms with E-state index in [1.807, 2.05) is 0 Å². The number of hydrogen-bond donors (Lipinski definition) is 2. The summed E-state index contributed by atoms with van der Waals surface area (Å²) in [5.74, 6) is -0.243. The third kappa shape index (κ3) is 4.73. The summed E-state index contributed by atoms with van der Waals surface area (Å²) in [6, 6.07) is 7.29. The molecule has 2 aromatic rings. The van der Waals surface area contributed by atoms with Gasteiger partial charge in [0, 0.05) is 29.7 Å². The van der Waals surface area contributed by atoms with Crippen LogP contribution in [0.15, 0.2) is 36.4 Å². The highest BCUT2D eigenvalue weighted by Gasteiger charge is 2.21. The summed E-state index contributed by atoms with van der Waals surface area (Å²) in [5, 5.41) is 12.6. The zero-order chi connectivity index (χ0) is 21.6. The van der Waals surface area contributed by atoms with Crippen molar-refractivity contribution in [3.63, 3.8) is 0 Å². The lowest BCUT2D eigenvalue weighted by atomic mass is 9.98. The maximum absolute atomic E-state index is 13.2. The van der Waals surface area contributed by atoms with Gasteiger partial charge in [-0.05, 0) is 30.3 Å². The van der Waals surface area contributed by atoms with Crippen LogP contribution in [0.5, 0.6) is 17.2 Å². The van der Waals surface area contributed by atoms with Crippen LogP contribution in [0.4, 0.5) is 5.69 Å². The molecule has 152 valence electrons. The molecular weight excluding hydrogens is 378 g/mol. The van der Waals surface area contributed by atoms with Crippen molar-refractivity contribution in [1.82, 2.24) is 0 Å². The number of aliphatic hydroxyl groups excluding tert-OH is 1. The highest BCUT2D eigenvalue weighted by atomic mass is 16.5. The molecule has 0 atom stereocenters. The summed E-state index contributed by atoms with van der Waals surface area (Å²) in [7, 11) is 4.30. The average molecular weight is 399 g/mol. The predicted molar refractivity (Wildman–Crippen MR) is 107 cm³/mol. The van der Waals surface area contributed by atoms with Gasteiger partial charge in [-0.3, -0.25) is 14.4 Å². The number of rotatable bonds is 8. The van der Waals surface area contributed by atoms with E-state index in [9.17, 15) is 19.5 Å². The van der Waals surface area contributed by atoms with E-state index in [1.165, 1.54) is 58.6 Å². The van der Waals surface area contributed by atoms with Gasteiger partial charge >= 0.3 is 0 Å². The summed E-state index contributed by atoms with van der Waals surface area (Å²) >= 11 is 0. The van der Waals surface area contributed by atoms with Gasteiger partial charge in [0.1, 0.15) is 12.0 Å². The molecule has 0 aliphatic carbocycles. The fourth-order valence-corrected chi connectivity index (χ4v) is 2.72. The monoisotopic (exact) mass is 399 g/mol. The molecule has 0 radical (unpaired) electrons. The van der Waals surface area contributed by atoms with E-state index in [0.29, 0.717) is 12.0 Å². The normalized spacial score (nSPS) is 10.8. The Morgan fingerprint density at radius 3 is 2.07 bits per heavy atom. The Bertz CT molecular complexity index is 954. The molecule has 0 aromatic heterocycles. The van der Waals surface area contributed by atoms with Gasteiger partial charge in [0.15, 0.2) is 17.3 Å². The lowest BCUT2D eigenvalue weighted by molar-refractivity contribution is -0.114. The summed E-state index contributed by atoms with van der Waals surface area (Å²) in [6.45, 7) is 1.31. The van der Waals surface area contributed by atoms with Crippen molar-refractivity contribution in [3.8, 4) is 17.2 Å². The first-order chi connectivity index (χ1) is 13.9. The average Bonchev–Trinajstić information content (AvgIpc) is 2.72. The molecule has 0 unspecified atom stereocenters. The lowest BCUT2D eigenvalue weighted by Crippen LogP contribution is -2.12. The van der Waals surface area contributed by atoms with Crippen LogP contribution in [0.25, 0.3) is 5.76 Å². The third-order valence-corrected chi connectivity index (χ3v) is 4.02. The Kier molecular flexibility index (Phi) is 6.97. The van der Waals surface area contributed by atoms with Crippen molar-refractivity contribution in [2.45, 2.75) is 6.92 Å². The SMILES string of the molecule is COc1cc(C(=O)c2cc(C(O)=CC=O)ccc2NC(C)=O)cc(OC)c1OC. The van der Waals surface area contributed by atoms with Crippen molar-refractivity contribution >= 4 is 29.4 Å².